The molecule has 5 nitrogen and oxygen atoms in total. The van der Waals surface area contributed by atoms with Crippen molar-refractivity contribution in [3.05, 3.63) is 58.1 Å². The largest absolute Gasteiger partial charge is 0.573 e. The van der Waals surface area contributed by atoms with E-state index in [4.69, 9.17) is 32.7 Å². The SMILES string of the molecule is O=C(Cl)CCN1CCOC(c2ccc(OCc3ccc(OC(F)(F)F)cc3Cl)cc2C(F)(F)F)C1. The van der Waals surface area contributed by atoms with Crippen LogP contribution in [-0.4, -0.2) is 42.7 Å². The molecular formula is C22H19Cl2F6NO4. The van der Waals surface area contributed by atoms with E-state index in [9.17, 15) is 31.1 Å². The van der Waals surface area contributed by atoms with Crippen molar-refractivity contribution in [3.63, 3.8) is 0 Å². The monoisotopic (exact) mass is 545 g/mol. The molecule has 192 valence electrons. The van der Waals surface area contributed by atoms with Crippen LogP contribution < -0.4 is 9.47 Å². The van der Waals surface area contributed by atoms with Crippen LogP contribution in [0.1, 0.15) is 29.2 Å². The minimum atomic E-state index is -4.89. The summed E-state index contributed by atoms with van der Waals surface area (Å²) in [5.41, 5.74) is -0.785. The smallest absolute Gasteiger partial charge is 0.489 e. The van der Waals surface area contributed by atoms with E-state index in [0.29, 0.717) is 13.1 Å². The number of hydrogen-bond donors (Lipinski definition) is 0. The highest BCUT2D eigenvalue weighted by Crippen LogP contribution is 2.39. The van der Waals surface area contributed by atoms with Gasteiger partial charge in [0.25, 0.3) is 0 Å². The van der Waals surface area contributed by atoms with Crippen LogP contribution in [0.15, 0.2) is 36.4 Å². The van der Waals surface area contributed by atoms with Crippen LogP contribution in [0.3, 0.4) is 0 Å². The molecule has 0 radical (unpaired) electrons. The van der Waals surface area contributed by atoms with Crippen LogP contribution in [0, 0.1) is 0 Å². The Morgan fingerprint density at radius 3 is 2.43 bits per heavy atom. The average molecular weight is 546 g/mol. The number of rotatable bonds is 8. The number of alkyl halides is 6. The fourth-order valence-corrected chi connectivity index (χ4v) is 3.80. The Balaban J connectivity index is 1.74. The number of morpholine rings is 1. The minimum Gasteiger partial charge on any atom is -0.489 e. The first-order valence-corrected chi connectivity index (χ1v) is 11.0. The van der Waals surface area contributed by atoms with Gasteiger partial charge in [0.15, 0.2) is 0 Å². The maximum absolute atomic E-state index is 13.8. The molecule has 1 saturated heterocycles. The van der Waals surface area contributed by atoms with E-state index in [0.717, 1.165) is 18.2 Å². The van der Waals surface area contributed by atoms with Gasteiger partial charge in [-0.3, -0.25) is 9.69 Å². The van der Waals surface area contributed by atoms with Crippen LogP contribution in [0.25, 0.3) is 0 Å². The van der Waals surface area contributed by atoms with Gasteiger partial charge in [0.2, 0.25) is 5.24 Å². The summed E-state index contributed by atoms with van der Waals surface area (Å²) >= 11 is 11.3. The molecule has 1 fully saturated rings. The first-order chi connectivity index (χ1) is 16.3. The predicted octanol–water partition coefficient (Wildman–Crippen LogP) is 6.37. The molecule has 2 aromatic carbocycles. The summed E-state index contributed by atoms with van der Waals surface area (Å²) in [6.45, 7) is 0.801. The minimum absolute atomic E-state index is 0.0685. The molecule has 0 saturated carbocycles. The Labute approximate surface area is 206 Å². The summed E-state index contributed by atoms with van der Waals surface area (Å²) < 4.78 is 93.2. The molecule has 1 unspecified atom stereocenters. The average Bonchev–Trinajstić information content (AvgIpc) is 2.75. The zero-order chi connectivity index (χ0) is 25.8. The molecule has 35 heavy (non-hydrogen) atoms. The van der Waals surface area contributed by atoms with Crippen molar-refractivity contribution in [2.24, 2.45) is 0 Å². The summed E-state index contributed by atoms with van der Waals surface area (Å²) in [7, 11) is 0. The normalized spacial score (nSPS) is 17.3. The number of carbonyl (C=O) groups excluding carboxylic acids is 1. The third-order valence-electron chi connectivity index (χ3n) is 5.10. The van der Waals surface area contributed by atoms with E-state index in [1.54, 1.807) is 4.90 Å². The highest BCUT2D eigenvalue weighted by molar-refractivity contribution is 6.63. The molecule has 1 heterocycles. The first-order valence-electron chi connectivity index (χ1n) is 10.2. The lowest BCUT2D eigenvalue weighted by molar-refractivity contribution is -0.274. The highest BCUT2D eigenvalue weighted by atomic mass is 35.5. The molecular weight excluding hydrogens is 527 g/mol. The molecule has 0 aromatic heterocycles. The van der Waals surface area contributed by atoms with Gasteiger partial charge in [0.1, 0.15) is 18.1 Å². The molecule has 1 aliphatic rings. The van der Waals surface area contributed by atoms with Crippen molar-refractivity contribution in [1.82, 2.24) is 4.90 Å². The van der Waals surface area contributed by atoms with Gasteiger partial charge in [0.05, 0.1) is 23.3 Å². The first kappa shape index (κ1) is 27.4. The van der Waals surface area contributed by atoms with Crippen LogP contribution in [0.2, 0.25) is 5.02 Å². The summed E-state index contributed by atoms with van der Waals surface area (Å²) in [5, 5.41) is -0.640. The van der Waals surface area contributed by atoms with Crippen LogP contribution >= 0.6 is 23.2 Å². The van der Waals surface area contributed by atoms with E-state index < -0.39 is 35.2 Å². The Morgan fingerprint density at radius 1 is 1.09 bits per heavy atom. The molecule has 0 bridgehead atoms. The fourth-order valence-electron chi connectivity index (χ4n) is 3.49. The van der Waals surface area contributed by atoms with Crippen LogP contribution in [-0.2, 0) is 22.3 Å². The van der Waals surface area contributed by atoms with Gasteiger partial charge < -0.3 is 14.2 Å². The summed E-state index contributed by atoms with van der Waals surface area (Å²) in [4.78, 5) is 12.8. The van der Waals surface area contributed by atoms with E-state index >= 15 is 0 Å². The fraction of sp³-hybridized carbons (Fsp3) is 0.409. The van der Waals surface area contributed by atoms with E-state index in [1.165, 1.54) is 18.2 Å². The van der Waals surface area contributed by atoms with Gasteiger partial charge in [-0.25, -0.2) is 0 Å². The Morgan fingerprint density at radius 2 is 1.80 bits per heavy atom. The molecule has 13 heteroatoms. The van der Waals surface area contributed by atoms with Gasteiger partial charge >= 0.3 is 12.5 Å². The summed E-state index contributed by atoms with van der Waals surface area (Å²) in [6.07, 6.45) is -10.4. The topological polar surface area (TPSA) is 48.0 Å². The Kier molecular flexibility index (Phi) is 8.79. The van der Waals surface area contributed by atoms with Crippen molar-refractivity contribution >= 4 is 28.4 Å². The maximum Gasteiger partial charge on any atom is 0.573 e. The molecule has 1 atom stereocenters. The predicted molar refractivity (Wildman–Crippen MR) is 115 cm³/mol. The number of nitrogens with zero attached hydrogens (tertiary/aromatic N) is 1. The second-order valence-electron chi connectivity index (χ2n) is 7.60. The van der Waals surface area contributed by atoms with Gasteiger partial charge in [-0.2, -0.15) is 13.2 Å². The standard InChI is InChI=1S/C22H19Cl2F6NO4/c23-18-10-15(35-22(28,29)30)2-1-13(18)12-34-14-3-4-16(17(9-14)21(25,26)27)19-11-31(7-8-33-19)6-5-20(24)32/h1-4,9-10,19H,5-8,11-12H2. The lowest BCUT2D eigenvalue weighted by Gasteiger charge is -2.34. The van der Waals surface area contributed by atoms with Gasteiger partial charge in [-0.15, -0.1) is 13.2 Å². The van der Waals surface area contributed by atoms with Gasteiger partial charge in [-0.1, -0.05) is 23.7 Å². The van der Waals surface area contributed by atoms with Crippen molar-refractivity contribution < 1.29 is 45.3 Å². The highest BCUT2D eigenvalue weighted by Gasteiger charge is 2.37. The molecule has 1 aliphatic heterocycles. The number of ether oxygens (including phenoxy) is 3. The maximum atomic E-state index is 13.8. The summed E-state index contributed by atoms with van der Waals surface area (Å²) in [5.74, 6) is -0.653. The van der Waals surface area contributed by atoms with Crippen molar-refractivity contribution in [3.8, 4) is 11.5 Å². The van der Waals surface area contributed by atoms with Crippen LogP contribution in [0.4, 0.5) is 26.3 Å². The molecule has 0 N–H and O–H groups in total. The zero-order valence-electron chi connectivity index (χ0n) is 17.9. The lowest BCUT2D eigenvalue weighted by Crippen LogP contribution is -2.39. The second kappa shape index (κ2) is 11.2. The third-order valence-corrected chi connectivity index (χ3v) is 5.65. The molecule has 0 spiro atoms. The van der Waals surface area contributed by atoms with Crippen molar-refractivity contribution in [1.29, 1.82) is 0 Å². The van der Waals surface area contributed by atoms with Crippen molar-refractivity contribution in [2.75, 3.05) is 26.2 Å². The number of benzene rings is 2. The Bertz CT molecular complexity index is 1050. The molecule has 2 aromatic rings. The van der Waals surface area contributed by atoms with E-state index in [1.807, 2.05) is 0 Å². The van der Waals surface area contributed by atoms with Gasteiger partial charge in [-0.05, 0) is 41.4 Å². The number of hydrogen-bond acceptors (Lipinski definition) is 5. The quantitative estimate of drug-likeness (QED) is 0.285. The van der Waals surface area contributed by atoms with Gasteiger partial charge in [0, 0.05) is 31.6 Å². The summed E-state index contributed by atoms with van der Waals surface area (Å²) in [6, 6.07) is 6.59. The van der Waals surface area contributed by atoms with E-state index in [2.05, 4.69) is 4.74 Å². The molecule has 3 rings (SSSR count). The molecule has 0 amide bonds. The van der Waals surface area contributed by atoms with E-state index in [-0.39, 0.29) is 48.1 Å². The molecule has 0 aliphatic carbocycles. The lowest BCUT2D eigenvalue weighted by atomic mass is 10.00. The Hall–Kier alpha value is -2.21. The number of halogens is 8. The number of carbonyl (C=O) groups is 1. The third kappa shape index (κ3) is 8.16. The zero-order valence-corrected chi connectivity index (χ0v) is 19.4. The van der Waals surface area contributed by atoms with Crippen molar-refractivity contribution in [2.45, 2.75) is 31.7 Å². The van der Waals surface area contributed by atoms with Crippen LogP contribution in [0.5, 0.6) is 11.5 Å². The second-order valence-corrected chi connectivity index (χ2v) is 8.43.